The molecule has 0 aromatic carbocycles. The highest BCUT2D eigenvalue weighted by Gasteiger charge is 2.17. The molecule has 0 aromatic rings. The van der Waals surface area contributed by atoms with E-state index >= 15 is 0 Å². The molecule has 0 saturated heterocycles. The Balaban J connectivity index is 3.98. The van der Waals surface area contributed by atoms with Crippen LogP contribution in [0.15, 0.2) is 0 Å². The summed E-state index contributed by atoms with van der Waals surface area (Å²) >= 11 is 0. The molecule has 1 amide bonds. The normalized spacial score (nSPS) is 15.1. The lowest BCUT2D eigenvalue weighted by molar-refractivity contribution is -0.123. The highest BCUT2D eigenvalue weighted by Crippen LogP contribution is 2.03. The fourth-order valence-electron chi connectivity index (χ4n) is 1.39. The van der Waals surface area contributed by atoms with Gasteiger partial charge in [-0.05, 0) is 18.8 Å². The van der Waals surface area contributed by atoms with E-state index in [9.17, 15) is 4.79 Å². The van der Waals surface area contributed by atoms with E-state index < -0.39 is 6.04 Å². The summed E-state index contributed by atoms with van der Waals surface area (Å²) in [6, 6.07) is -0.336. The van der Waals surface area contributed by atoms with Crippen molar-refractivity contribution in [2.45, 2.75) is 45.7 Å². The van der Waals surface area contributed by atoms with Crippen molar-refractivity contribution < 1.29 is 9.53 Å². The van der Waals surface area contributed by atoms with Crippen molar-refractivity contribution in [3.05, 3.63) is 0 Å². The minimum Gasteiger partial charge on any atom is -0.383 e. The third-order valence-corrected chi connectivity index (χ3v) is 2.27. The topological polar surface area (TPSA) is 64.3 Å². The number of hydrogen-bond donors (Lipinski definition) is 2. The Morgan fingerprint density at radius 3 is 2.47 bits per heavy atom. The second kappa shape index (κ2) is 7.65. The van der Waals surface area contributed by atoms with Crippen LogP contribution in [-0.4, -0.2) is 31.7 Å². The molecule has 0 aliphatic rings. The standard InChI is InChI=1S/C11H24N2O2/c1-5-9(7-15-4)13-11(14)10(12)6-8(2)3/h8-10H,5-7,12H2,1-4H3,(H,13,14)/t9?,10-/m1/s1. The van der Waals surface area contributed by atoms with Gasteiger partial charge in [-0.15, -0.1) is 0 Å². The third kappa shape index (κ3) is 6.47. The number of nitrogens with one attached hydrogen (secondary N) is 1. The maximum absolute atomic E-state index is 11.6. The molecule has 0 fully saturated rings. The molecule has 3 N–H and O–H groups in total. The van der Waals surface area contributed by atoms with Gasteiger partial charge in [-0.3, -0.25) is 4.79 Å². The predicted octanol–water partition coefficient (Wildman–Crippen LogP) is 0.901. The summed E-state index contributed by atoms with van der Waals surface area (Å²) in [7, 11) is 1.63. The lowest BCUT2D eigenvalue weighted by Gasteiger charge is -2.19. The summed E-state index contributed by atoms with van der Waals surface area (Å²) in [6.45, 7) is 6.66. The molecule has 15 heavy (non-hydrogen) atoms. The van der Waals surface area contributed by atoms with Crippen molar-refractivity contribution in [2.75, 3.05) is 13.7 Å². The second-order valence-corrected chi connectivity index (χ2v) is 4.31. The van der Waals surface area contributed by atoms with E-state index in [4.69, 9.17) is 10.5 Å². The summed E-state index contributed by atoms with van der Waals surface area (Å²) in [5, 5.41) is 2.88. The van der Waals surface area contributed by atoms with Gasteiger partial charge in [-0.25, -0.2) is 0 Å². The number of hydrogen-bond acceptors (Lipinski definition) is 3. The van der Waals surface area contributed by atoms with Gasteiger partial charge in [0.15, 0.2) is 0 Å². The zero-order chi connectivity index (χ0) is 11.8. The Hall–Kier alpha value is -0.610. The van der Waals surface area contributed by atoms with E-state index in [2.05, 4.69) is 19.2 Å². The second-order valence-electron chi connectivity index (χ2n) is 4.31. The highest BCUT2D eigenvalue weighted by atomic mass is 16.5. The monoisotopic (exact) mass is 216 g/mol. The molecule has 0 spiro atoms. The van der Waals surface area contributed by atoms with E-state index in [1.54, 1.807) is 7.11 Å². The maximum atomic E-state index is 11.6. The summed E-state index contributed by atoms with van der Waals surface area (Å²) in [5.74, 6) is 0.362. The molecule has 90 valence electrons. The fourth-order valence-corrected chi connectivity index (χ4v) is 1.39. The van der Waals surface area contributed by atoms with Gasteiger partial charge in [-0.2, -0.15) is 0 Å². The van der Waals surface area contributed by atoms with Crippen LogP contribution in [0, 0.1) is 5.92 Å². The maximum Gasteiger partial charge on any atom is 0.237 e. The number of nitrogens with two attached hydrogens (primary N) is 1. The average Bonchev–Trinajstić information content (AvgIpc) is 2.15. The van der Waals surface area contributed by atoms with E-state index in [0.29, 0.717) is 12.5 Å². The summed E-state index contributed by atoms with van der Waals surface area (Å²) in [4.78, 5) is 11.6. The summed E-state index contributed by atoms with van der Waals surface area (Å²) in [5.41, 5.74) is 5.76. The number of amides is 1. The number of carbonyl (C=O) groups is 1. The van der Waals surface area contributed by atoms with Gasteiger partial charge >= 0.3 is 0 Å². The van der Waals surface area contributed by atoms with E-state index in [1.807, 2.05) is 6.92 Å². The number of methoxy groups -OCH3 is 1. The minimum atomic E-state index is -0.407. The van der Waals surface area contributed by atoms with Crippen LogP contribution in [0.1, 0.15) is 33.6 Å². The highest BCUT2D eigenvalue weighted by molar-refractivity contribution is 5.81. The Kier molecular flexibility index (Phi) is 7.34. The first-order valence-electron chi connectivity index (χ1n) is 5.56. The number of ether oxygens (including phenoxy) is 1. The van der Waals surface area contributed by atoms with Crippen molar-refractivity contribution in [3.8, 4) is 0 Å². The first kappa shape index (κ1) is 14.4. The largest absolute Gasteiger partial charge is 0.383 e. The molecule has 0 radical (unpaired) electrons. The molecule has 4 nitrogen and oxygen atoms in total. The first-order valence-corrected chi connectivity index (χ1v) is 5.56. The predicted molar refractivity (Wildman–Crippen MR) is 61.5 cm³/mol. The molecule has 0 heterocycles. The summed E-state index contributed by atoms with van der Waals surface area (Å²) < 4.78 is 5.00. The SMILES string of the molecule is CCC(COC)NC(=O)[C@H](N)CC(C)C. The third-order valence-electron chi connectivity index (χ3n) is 2.27. The van der Waals surface area contributed by atoms with Gasteiger partial charge in [0.2, 0.25) is 5.91 Å². The van der Waals surface area contributed by atoms with Crippen LogP contribution in [0.3, 0.4) is 0 Å². The zero-order valence-electron chi connectivity index (χ0n) is 10.2. The van der Waals surface area contributed by atoms with Crippen molar-refractivity contribution in [1.29, 1.82) is 0 Å². The molecule has 0 aliphatic carbocycles. The van der Waals surface area contributed by atoms with Crippen molar-refractivity contribution in [1.82, 2.24) is 5.32 Å². The van der Waals surface area contributed by atoms with Gasteiger partial charge in [0, 0.05) is 7.11 Å². The van der Waals surface area contributed by atoms with Crippen LogP contribution >= 0.6 is 0 Å². The van der Waals surface area contributed by atoms with E-state index in [-0.39, 0.29) is 11.9 Å². The van der Waals surface area contributed by atoms with Gasteiger partial charge in [0.1, 0.15) is 0 Å². The molecule has 0 aliphatic heterocycles. The number of rotatable bonds is 7. The molecule has 1 unspecified atom stereocenters. The van der Waals surface area contributed by atoms with Gasteiger partial charge in [0.05, 0.1) is 18.7 Å². The average molecular weight is 216 g/mol. The van der Waals surface area contributed by atoms with Crippen LogP contribution in [0.5, 0.6) is 0 Å². The molecule has 4 heteroatoms. The van der Waals surface area contributed by atoms with E-state index in [0.717, 1.165) is 12.8 Å². The lowest BCUT2D eigenvalue weighted by atomic mass is 10.0. The smallest absolute Gasteiger partial charge is 0.237 e. The van der Waals surface area contributed by atoms with Crippen LogP contribution < -0.4 is 11.1 Å². The lowest BCUT2D eigenvalue weighted by Crippen LogP contribution is -2.47. The van der Waals surface area contributed by atoms with Crippen molar-refractivity contribution in [3.63, 3.8) is 0 Å². The van der Waals surface area contributed by atoms with Gasteiger partial charge in [-0.1, -0.05) is 20.8 Å². The van der Waals surface area contributed by atoms with Crippen LogP contribution in [-0.2, 0) is 9.53 Å². The quantitative estimate of drug-likeness (QED) is 0.664. The molecule has 0 bridgehead atoms. The van der Waals surface area contributed by atoms with Crippen LogP contribution in [0.25, 0.3) is 0 Å². The van der Waals surface area contributed by atoms with Crippen molar-refractivity contribution >= 4 is 5.91 Å². The Morgan fingerprint density at radius 2 is 2.07 bits per heavy atom. The fraction of sp³-hybridized carbons (Fsp3) is 0.909. The van der Waals surface area contributed by atoms with Crippen LogP contribution in [0.2, 0.25) is 0 Å². The Morgan fingerprint density at radius 1 is 1.47 bits per heavy atom. The number of carbonyl (C=O) groups excluding carboxylic acids is 1. The van der Waals surface area contributed by atoms with Crippen LogP contribution in [0.4, 0.5) is 0 Å². The molecular formula is C11H24N2O2. The summed E-state index contributed by atoms with van der Waals surface area (Å²) in [6.07, 6.45) is 1.57. The van der Waals surface area contributed by atoms with Gasteiger partial charge < -0.3 is 15.8 Å². The molecular weight excluding hydrogens is 192 g/mol. The van der Waals surface area contributed by atoms with Gasteiger partial charge in [0.25, 0.3) is 0 Å². The molecule has 0 aromatic heterocycles. The Bertz CT molecular complexity index is 183. The van der Waals surface area contributed by atoms with E-state index in [1.165, 1.54) is 0 Å². The molecule has 0 rings (SSSR count). The van der Waals surface area contributed by atoms with Crippen molar-refractivity contribution in [2.24, 2.45) is 11.7 Å². The minimum absolute atomic E-state index is 0.0701. The first-order chi connectivity index (χ1) is 7.01. The Labute approximate surface area is 92.6 Å². The molecule has 2 atom stereocenters. The molecule has 0 saturated carbocycles. The zero-order valence-corrected chi connectivity index (χ0v) is 10.2.